The fourth-order valence-electron chi connectivity index (χ4n) is 3.31. The minimum Gasteiger partial charge on any atom is -0.350 e. The van der Waals surface area contributed by atoms with Crippen LogP contribution in [0.2, 0.25) is 0 Å². The van der Waals surface area contributed by atoms with Gasteiger partial charge in [0.15, 0.2) is 5.79 Å². The quantitative estimate of drug-likeness (QED) is 0.559. The van der Waals surface area contributed by atoms with Crippen molar-refractivity contribution < 1.29 is 9.47 Å². The first-order valence-corrected chi connectivity index (χ1v) is 8.78. The second-order valence-electron chi connectivity index (χ2n) is 7.62. The third kappa shape index (κ3) is 4.31. The highest BCUT2D eigenvalue weighted by molar-refractivity contribution is 5.88. The molecule has 130 valence electrons. The van der Waals surface area contributed by atoms with Gasteiger partial charge in [-0.25, -0.2) is 0 Å². The van der Waals surface area contributed by atoms with Crippen LogP contribution in [0.25, 0.3) is 10.8 Å². The number of ether oxygens (including phenoxy) is 2. The Morgan fingerprint density at radius 1 is 1.08 bits per heavy atom. The Kier molecular flexibility index (Phi) is 4.99. The molecule has 2 aromatic carbocycles. The largest absolute Gasteiger partial charge is 0.350 e. The van der Waals surface area contributed by atoms with Crippen molar-refractivity contribution >= 4 is 10.8 Å². The van der Waals surface area contributed by atoms with Gasteiger partial charge in [0.05, 0.1) is 13.2 Å². The summed E-state index contributed by atoms with van der Waals surface area (Å²) in [6.07, 6.45) is 1.60. The smallest absolute Gasteiger partial charge is 0.162 e. The summed E-state index contributed by atoms with van der Waals surface area (Å²) in [5.41, 5.74) is 2.10. The van der Waals surface area contributed by atoms with Crippen molar-refractivity contribution in [3.8, 4) is 11.8 Å². The van der Waals surface area contributed by atoms with Gasteiger partial charge in [0.25, 0.3) is 0 Å². The first kappa shape index (κ1) is 17.7. The first-order chi connectivity index (χ1) is 11.9. The molecule has 2 aromatic rings. The van der Waals surface area contributed by atoms with Crippen molar-refractivity contribution in [3.63, 3.8) is 0 Å². The third-order valence-corrected chi connectivity index (χ3v) is 4.60. The van der Waals surface area contributed by atoms with Gasteiger partial charge in [0, 0.05) is 17.4 Å². The molecule has 0 saturated carbocycles. The second-order valence-corrected chi connectivity index (χ2v) is 7.62. The maximum Gasteiger partial charge on any atom is 0.162 e. The van der Waals surface area contributed by atoms with Crippen molar-refractivity contribution in [1.29, 1.82) is 0 Å². The van der Waals surface area contributed by atoms with Crippen molar-refractivity contribution in [2.24, 2.45) is 5.41 Å². The monoisotopic (exact) mass is 334 g/mol. The molecule has 1 saturated heterocycles. The van der Waals surface area contributed by atoms with Crippen LogP contribution < -0.4 is 0 Å². The molecule has 0 spiro atoms. The number of benzene rings is 2. The van der Waals surface area contributed by atoms with Gasteiger partial charge in [0.2, 0.25) is 0 Å². The molecular formula is C23H26O2. The predicted octanol–water partition coefficient (Wildman–Crippen LogP) is 5.32. The van der Waals surface area contributed by atoms with Crippen LogP contribution in [0.15, 0.2) is 54.6 Å². The molecule has 0 bridgehead atoms. The summed E-state index contributed by atoms with van der Waals surface area (Å²) >= 11 is 0. The summed E-state index contributed by atoms with van der Waals surface area (Å²) in [5.74, 6) is 6.24. The molecule has 1 heterocycles. The molecule has 1 aliphatic rings. The third-order valence-electron chi connectivity index (χ3n) is 4.60. The van der Waals surface area contributed by atoms with Gasteiger partial charge in [-0.15, -0.1) is 6.58 Å². The minimum atomic E-state index is -0.512. The van der Waals surface area contributed by atoms with Crippen LogP contribution in [0.4, 0.5) is 0 Å². The predicted molar refractivity (Wildman–Crippen MR) is 103 cm³/mol. The van der Waals surface area contributed by atoms with Crippen LogP contribution >= 0.6 is 0 Å². The van der Waals surface area contributed by atoms with Crippen LogP contribution in [-0.2, 0) is 9.47 Å². The molecule has 0 N–H and O–H groups in total. The van der Waals surface area contributed by atoms with E-state index in [1.807, 2.05) is 13.8 Å². The van der Waals surface area contributed by atoms with Crippen molar-refractivity contribution in [2.45, 2.75) is 39.4 Å². The number of rotatable bonds is 3. The van der Waals surface area contributed by atoms with E-state index in [1.54, 1.807) is 0 Å². The fraction of sp³-hybridized carbons (Fsp3) is 0.391. The summed E-state index contributed by atoms with van der Waals surface area (Å²) in [7, 11) is 0. The zero-order chi connectivity index (χ0) is 17.9. The van der Waals surface area contributed by atoms with Crippen molar-refractivity contribution in [1.82, 2.24) is 0 Å². The van der Waals surface area contributed by atoms with E-state index >= 15 is 0 Å². The van der Waals surface area contributed by atoms with E-state index in [1.165, 1.54) is 10.8 Å². The molecular weight excluding hydrogens is 308 g/mol. The van der Waals surface area contributed by atoms with Gasteiger partial charge in [-0.3, -0.25) is 0 Å². The van der Waals surface area contributed by atoms with E-state index in [0.29, 0.717) is 13.2 Å². The molecule has 0 radical (unpaired) electrons. The number of hydrogen-bond donors (Lipinski definition) is 0. The summed E-state index contributed by atoms with van der Waals surface area (Å²) in [5, 5.41) is 2.42. The number of hydrogen-bond acceptors (Lipinski definition) is 2. The maximum absolute atomic E-state index is 5.92. The lowest BCUT2D eigenvalue weighted by Gasteiger charge is -2.43. The van der Waals surface area contributed by atoms with Gasteiger partial charge in [-0.2, -0.15) is 0 Å². The summed E-state index contributed by atoms with van der Waals surface area (Å²) < 4.78 is 11.8. The zero-order valence-electron chi connectivity index (χ0n) is 15.4. The van der Waals surface area contributed by atoms with E-state index in [4.69, 9.17) is 9.47 Å². The highest BCUT2D eigenvalue weighted by Crippen LogP contribution is 2.37. The van der Waals surface area contributed by atoms with Crippen LogP contribution in [0.1, 0.15) is 39.2 Å². The van der Waals surface area contributed by atoms with E-state index in [-0.39, 0.29) is 5.41 Å². The van der Waals surface area contributed by atoms with Gasteiger partial charge >= 0.3 is 0 Å². The zero-order valence-corrected chi connectivity index (χ0v) is 15.4. The lowest BCUT2D eigenvalue weighted by molar-refractivity contribution is -0.284. The Hall–Kier alpha value is -2.08. The van der Waals surface area contributed by atoms with Gasteiger partial charge in [0.1, 0.15) is 0 Å². The number of fused-ring (bicyclic) bond motifs is 1. The minimum absolute atomic E-state index is 0.112. The van der Waals surface area contributed by atoms with E-state index in [9.17, 15) is 0 Å². The molecule has 0 unspecified atom stereocenters. The Morgan fingerprint density at radius 2 is 1.76 bits per heavy atom. The fourth-order valence-corrected chi connectivity index (χ4v) is 3.31. The molecule has 2 heteroatoms. The molecule has 25 heavy (non-hydrogen) atoms. The van der Waals surface area contributed by atoms with E-state index in [0.717, 1.165) is 24.0 Å². The lowest BCUT2D eigenvalue weighted by atomic mass is 9.79. The molecule has 3 rings (SSSR count). The topological polar surface area (TPSA) is 18.5 Å². The molecule has 0 amide bonds. The summed E-state index contributed by atoms with van der Waals surface area (Å²) in [4.78, 5) is 0. The molecule has 0 aliphatic carbocycles. The standard InChI is InChI=1S/C23H26O2/c1-18(2)15-23(16-24-22(3,4)25-17-23)14-8-12-20-11-7-10-19-9-5-6-13-21(19)20/h5-7,9-11,13H,1,14-17H2,2-4H3. The molecule has 0 atom stereocenters. The SMILES string of the molecule is C=C(C)CC1(CC#Cc2cccc3ccccc23)COC(C)(C)OC1. The van der Waals surface area contributed by atoms with Gasteiger partial charge < -0.3 is 9.47 Å². The van der Waals surface area contributed by atoms with Gasteiger partial charge in [-0.05, 0) is 44.0 Å². The molecule has 2 nitrogen and oxygen atoms in total. The number of allylic oxidation sites excluding steroid dienone is 1. The molecule has 1 aliphatic heterocycles. The molecule has 0 aromatic heterocycles. The Bertz CT molecular complexity index is 821. The average molecular weight is 334 g/mol. The lowest BCUT2D eigenvalue weighted by Crippen LogP contribution is -2.46. The molecule has 1 fully saturated rings. The maximum atomic E-state index is 5.92. The van der Waals surface area contributed by atoms with E-state index < -0.39 is 5.79 Å². The van der Waals surface area contributed by atoms with Crippen LogP contribution in [-0.4, -0.2) is 19.0 Å². The van der Waals surface area contributed by atoms with Gasteiger partial charge in [-0.1, -0.05) is 53.8 Å². The van der Waals surface area contributed by atoms with Crippen LogP contribution in [0.3, 0.4) is 0 Å². The highest BCUT2D eigenvalue weighted by atomic mass is 16.7. The summed E-state index contributed by atoms with van der Waals surface area (Å²) in [6.45, 7) is 11.3. The van der Waals surface area contributed by atoms with Crippen molar-refractivity contribution in [3.05, 3.63) is 60.2 Å². The Labute approximate surface area is 150 Å². The average Bonchev–Trinajstić information content (AvgIpc) is 2.57. The summed E-state index contributed by atoms with van der Waals surface area (Å²) in [6, 6.07) is 14.6. The first-order valence-electron chi connectivity index (χ1n) is 8.78. The normalized spacial score (nSPS) is 18.4. The van der Waals surface area contributed by atoms with E-state index in [2.05, 4.69) is 67.8 Å². The Morgan fingerprint density at radius 3 is 2.48 bits per heavy atom. The highest BCUT2D eigenvalue weighted by Gasteiger charge is 2.39. The van der Waals surface area contributed by atoms with Crippen LogP contribution in [0, 0.1) is 17.3 Å². The second kappa shape index (κ2) is 7.04. The van der Waals surface area contributed by atoms with Crippen molar-refractivity contribution in [2.75, 3.05) is 13.2 Å². The Balaban J connectivity index is 1.82. The van der Waals surface area contributed by atoms with Crippen LogP contribution in [0.5, 0.6) is 0 Å².